The van der Waals surface area contributed by atoms with Crippen molar-refractivity contribution in [3.05, 3.63) is 0 Å². The predicted octanol–water partition coefficient (Wildman–Crippen LogP) is 2.64. The van der Waals surface area contributed by atoms with Gasteiger partial charge in [0, 0.05) is 11.6 Å². The van der Waals surface area contributed by atoms with Gasteiger partial charge in [-0.15, -0.1) is 0 Å². The molecular weight excluding hydrogens is 236 g/mol. The number of hydrogen-bond acceptors (Lipinski definition) is 3. The lowest BCUT2D eigenvalue weighted by Crippen LogP contribution is -2.52. The number of rotatable bonds is 9. The third-order valence-corrected chi connectivity index (χ3v) is 5.15. The standard InChI is InChI=1S/C16H34N2O/c1-5-14(4)18(7-3)12-10-15-9-8-11-16(15,13-19)17-6-2/h14-15,17,19H,5-13H2,1-4H3. The predicted molar refractivity (Wildman–Crippen MR) is 82.5 cm³/mol. The topological polar surface area (TPSA) is 35.5 Å². The van der Waals surface area contributed by atoms with Gasteiger partial charge in [0.05, 0.1) is 6.61 Å². The Hall–Kier alpha value is -0.120. The van der Waals surface area contributed by atoms with E-state index in [1.54, 1.807) is 0 Å². The van der Waals surface area contributed by atoms with Gasteiger partial charge in [0.25, 0.3) is 0 Å². The van der Waals surface area contributed by atoms with Crippen molar-refractivity contribution >= 4 is 0 Å². The van der Waals surface area contributed by atoms with Crippen LogP contribution in [-0.2, 0) is 0 Å². The second kappa shape index (κ2) is 8.23. The molecule has 0 aliphatic heterocycles. The van der Waals surface area contributed by atoms with Crippen LogP contribution in [0.25, 0.3) is 0 Å². The molecule has 0 aromatic rings. The zero-order chi connectivity index (χ0) is 14.3. The molecule has 2 N–H and O–H groups in total. The maximum Gasteiger partial charge on any atom is 0.0616 e. The molecule has 1 saturated carbocycles. The summed E-state index contributed by atoms with van der Waals surface area (Å²) in [5.74, 6) is 0.635. The van der Waals surface area contributed by atoms with Crippen LogP contribution in [0.3, 0.4) is 0 Å². The summed E-state index contributed by atoms with van der Waals surface area (Å²) in [4.78, 5) is 2.58. The summed E-state index contributed by atoms with van der Waals surface area (Å²) in [6, 6.07) is 0.675. The zero-order valence-electron chi connectivity index (χ0n) is 13.4. The molecule has 114 valence electrons. The second-order valence-corrected chi connectivity index (χ2v) is 6.11. The molecule has 19 heavy (non-hydrogen) atoms. The summed E-state index contributed by atoms with van der Waals surface area (Å²) in [6.07, 6.45) is 6.10. The first-order chi connectivity index (χ1) is 9.13. The molecule has 1 aliphatic carbocycles. The van der Waals surface area contributed by atoms with E-state index < -0.39 is 0 Å². The molecule has 0 heterocycles. The maximum atomic E-state index is 9.82. The Bertz CT molecular complexity index is 247. The highest BCUT2D eigenvalue weighted by molar-refractivity contribution is 4.99. The first-order valence-corrected chi connectivity index (χ1v) is 8.23. The van der Waals surface area contributed by atoms with Gasteiger partial charge in [0.1, 0.15) is 0 Å². The first-order valence-electron chi connectivity index (χ1n) is 8.23. The molecule has 0 saturated heterocycles. The van der Waals surface area contributed by atoms with Crippen molar-refractivity contribution in [1.82, 2.24) is 10.2 Å². The maximum absolute atomic E-state index is 9.82. The van der Waals surface area contributed by atoms with Crippen LogP contribution in [-0.4, -0.2) is 47.8 Å². The average molecular weight is 270 g/mol. The minimum absolute atomic E-state index is 0.00359. The highest BCUT2D eigenvalue weighted by Gasteiger charge is 2.41. The molecule has 0 radical (unpaired) electrons. The van der Waals surface area contributed by atoms with Crippen LogP contribution < -0.4 is 5.32 Å². The van der Waals surface area contributed by atoms with Crippen LogP contribution in [0.4, 0.5) is 0 Å². The molecule has 3 nitrogen and oxygen atoms in total. The third-order valence-electron chi connectivity index (χ3n) is 5.15. The lowest BCUT2D eigenvalue weighted by molar-refractivity contribution is 0.107. The quantitative estimate of drug-likeness (QED) is 0.676. The second-order valence-electron chi connectivity index (χ2n) is 6.11. The van der Waals surface area contributed by atoms with Crippen LogP contribution in [0.15, 0.2) is 0 Å². The van der Waals surface area contributed by atoms with E-state index in [2.05, 4.69) is 37.9 Å². The lowest BCUT2D eigenvalue weighted by atomic mass is 9.85. The summed E-state index contributed by atoms with van der Waals surface area (Å²) >= 11 is 0. The van der Waals surface area contributed by atoms with E-state index in [4.69, 9.17) is 0 Å². The highest BCUT2D eigenvalue weighted by Crippen LogP contribution is 2.37. The van der Waals surface area contributed by atoms with Crippen molar-refractivity contribution in [3.63, 3.8) is 0 Å². The van der Waals surface area contributed by atoms with Gasteiger partial charge in [0.2, 0.25) is 0 Å². The molecular formula is C16H34N2O. The van der Waals surface area contributed by atoms with Crippen molar-refractivity contribution in [3.8, 4) is 0 Å². The molecule has 0 amide bonds. The van der Waals surface area contributed by atoms with Crippen molar-refractivity contribution in [2.75, 3.05) is 26.2 Å². The normalized spacial score (nSPS) is 29.1. The average Bonchev–Trinajstić information content (AvgIpc) is 2.83. The molecule has 0 aromatic carbocycles. The Labute approximate surface area is 119 Å². The SMILES string of the molecule is CCNC1(CO)CCCC1CCN(CC)C(C)CC. The van der Waals surface area contributed by atoms with Gasteiger partial charge < -0.3 is 15.3 Å². The van der Waals surface area contributed by atoms with Crippen LogP contribution in [0.1, 0.15) is 59.8 Å². The fourth-order valence-electron chi connectivity index (χ4n) is 3.68. The molecule has 1 fully saturated rings. The smallest absolute Gasteiger partial charge is 0.0616 e. The summed E-state index contributed by atoms with van der Waals surface area (Å²) in [5.41, 5.74) is 0.00359. The first kappa shape index (κ1) is 16.9. The number of nitrogens with one attached hydrogen (secondary N) is 1. The van der Waals surface area contributed by atoms with Crippen molar-refractivity contribution in [2.24, 2.45) is 5.92 Å². The largest absolute Gasteiger partial charge is 0.394 e. The van der Waals surface area contributed by atoms with Gasteiger partial charge in [-0.05, 0) is 58.2 Å². The van der Waals surface area contributed by atoms with Gasteiger partial charge in [-0.3, -0.25) is 0 Å². The lowest BCUT2D eigenvalue weighted by Gasteiger charge is -2.37. The van der Waals surface area contributed by atoms with Crippen molar-refractivity contribution in [2.45, 2.75) is 71.4 Å². The van der Waals surface area contributed by atoms with Gasteiger partial charge >= 0.3 is 0 Å². The molecule has 0 spiro atoms. The summed E-state index contributed by atoms with van der Waals surface area (Å²) in [5, 5.41) is 13.4. The summed E-state index contributed by atoms with van der Waals surface area (Å²) in [6.45, 7) is 12.5. The van der Waals surface area contributed by atoms with Crippen LogP contribution >= 0.6 is 0 Å². The van der Waals surface area contributed by atoms with Crippen LogP contribution in [0, 0.1) is 5.92 Å². The molecule has 3 unspecified atom stereocenters. The van der Waals surface area contributed by atoms with Gasteiger partial charge in [-0.25, -0.2) is 0 Å². The van der Waals surface area contributed by atoms with Gasteiger partial charge in [-0.1, -0.05) is 27.2 Å². The van der Waals surface area contributed by atoms with Gasteiger partial charge in [-0.2, -0.15) is 0 Å². The minimum Gasteiger partial charge on any atom is -0.394 e. The molecule has 0 bridgehead atoms. The number of hydrogen-bond donors (Lipinski definition) is 2. The molecule has 1 aliphatic rings. The fourth-order valence-corrected chi connectivity index (χ4v) is 3.68. The Kier molecular flexibility index (Phi) is 7.33. The van der Waals surface area contributed by atoms with Crippen molar-refractivity contribution in [1.29, 1.82) is 0 Å². The van der Waals surface area contributed by atoms with E-state index in [0.717, 1.165) is 19.5 Å². The van der Waals surface area contributed by atoms with E-state index in [-0.39, 0.29) is 5.54 Å². The van der Waals surface area contributed by atoms with Crippen LogP contribution in [0.2, 0.25) is 0 Å². The molecule has 3 atom stereocenters. The van der Waals surface area contributed by atoms with E-state index in [1.165, 1.54) is 32.2 Å². The number of likely N-dealkylation sites (N-methyl/N-ethyl adjacent to an activating group) is 1. The van der Waals surface area contributed by atoms with Crippen molar-refractivity contribution < 1.29 is 5.11 Å². The molecule has 3 heteroatoms. The molecule has 0 aromatic heterocycles. The summed E-state index contributed by atoms with van der Waals surface area (Å²) in [7, 11) is 0. The Morgan fingerprint density at radius 2 is 2.11 bits per heavy atom. The van der Waals surface area contributed by atoms with E-state index in [9.17, 15) is 5.11 Å². The summed E-state index contributed by atoms with van der Waals surface area (Å²) < 4.78 is 0. The Morgan fingerprint density at radius 3 is 2.63 bits per heavy atom. The number of aliphatic hydroxyl groups is 1. The number of nitrogens with zero attached hydrogens (tertiary/aromatic N) is 1. The van der Waals surface area contributed by atoms with E-state index in [0.29, 0.717) is 18.6 Å². The monoisotopic (exact) mass is 270 g/mol. The Balaban J connectivity index is 2.54. The van der Waals surface area contributed by atoms with Crippen LogP contribution in [0.5, 0.6) is 0 Å². The minimum atomic E-state index is 0.00359. The number of aliphatic hydroxyl groups excluding tert-OH is 1. The third kappa shape index (κ3) is 4.17. The fraction of sp³-hybridized carbons (Fsp3) is 1.00. The molecule has 1 rings (SSSR count). The van der Waals surface area contributed by atoms with E-state index in [1.807, 2.05) is 0 Å². The Morgan fingerprint density at radius 1 is 1.37 bits per heavy atom. The highest BCUT2D eigenvalue weighted by atomic mass is 16.3. The zero-order valence-corrected chi connectivity index (χ0v) is 13.4. The van der Waals surface area contributed by atoms with E-state index >= 15 is 0 Å². The van der Waals surface area contributed by atoms with Gasteiger partial charge in [0.15, 0.2) is 0 Å².